The van der Waals surface area contributed by atoms with E-state index in [0.29, 0.717) is 26.2 Å². The number of rotatable bonds is 5. The summed E-state index contributed by atoms with van der Waals surface area (Å²) in [5.41, 5.74) is 4.33. The van der Waals surface area contributed by atoms with Crippen molar-refractivity contribution in [1.29, 1.82) is 0 Å². The van der Waals surface area contributed by atoms with Crippen LogP contribution in [0.15, 0.2) is 46.9 Å². The van der Waals surface area contributed by atoms with Crippen LogP contribution < -0.4 is 0 Å². The molecule has 1 spiro atoms. The second-order valence-corrected chi connectivity index (χ2v) is 9.69. The maximum Gasteiger partial charge on any atom is 0.257 e. The van der Waals surface area contributed by atoms with Gasteiger partial charge in [0.1, 0.15) is 0 Å². The smallest absolute Gasteiger partial charge is 0.257 e. The van der Waals surface area contributed by atoms with Crippen LogP contribution in [0.4, 0.5) is 0 Å². The van der Waals surface area contributed by atoms with E-state index in [-0.39, 0.29) is 11.8 Å². The van der Waals surface area contributed by atoms with Gasteiger partial charge in [0.25, 0.3) is 5.91 Å². The molecule has 3 aromatic heterocycles. The average molecular weight is 441 g/mol. The van der Waals surface area contributed by atoms with Gasteiger partial charge in [-0.15, -0.1) is 11.3 Å². The Balaban J connectivity index is 1.46. The highest BCUT2D eigenvalue weighted by Crippen LogP contribution is 2.42. The number of thiazole rings is 1. The lowest BCUT2D eigenvalue weighted by Gasteiger charge is -2.42. The Bertz CT molecular complexity index is 1010. The lowest BCUT2D eigenvalue weighted by Crippen LogP contribution is -2.59. The zero-order valence-corrected chi connectivity index (χ0v) is 18.5. The molecule has 6 nitrogen and oxygen atoms in total. The van der Waals surface area contributed by atoms with Gasteiger partial charge < -0.3 is 9.64 Å². The first-order valence-corrected chi connectivity index (χ1v) is 11.9. The van der Waals surface area contributed by atoms with Gasteiger partial charge in [0, 0.05) is 55.9 Å². The summed E-state index contributed by atoms with van der Waals surface area (Å²) in [6.07, 6.45) is 3.65. The van der Waals surface area contributed by atoms with Crippen LogP contribution in [0, 0.1) is 6.92 Å². The number of hydrogen-bond donors (Lipinski definition) is 0. The van der Waals surface area contributed by atoms with Crippen LogP contribution >= 0.6 is 22.7 Å². The molecule has 0 saturated carbocycles. The van der Waals surface area contributed by atoms with Crippen molar-refractivity contribution >= 4 is 28.6 Å². The van der Waals surface area contributed by atoms with Gasteiger partial charge in [0.05, 0.1) is 17.8 Å². The minimum Gasteiger partial charge on any atom is -0.361 e. The highest BCUT2D eigenvalue weighted by Gasteiger charge is 2.57. The normalized spacial score (nSPS) is 24.8. The van der Waals surface area contributed by atoms with Crippen molar-refractivity contribution in [2.75, 3.05) is 26.2 Å². The molecule has 0 radical (unpaired) electrons. The number of aromatic nitrogens is 2. The highest BCUT2D eigenvalue weighted by atomic mass is 32.1. The quantitative estimate of drug-likeness (QED) is 0.609. The minimum absolute atomic E-state index is 0.0443. The van der Waals surface area contributed by atoms with Crippen LogP contribution in [0.1, 0.15) is 27.6 Å². The fourth-order valence-electron chi connectivity index (χ4n) is 4.56. The zero-order valence-electron chi connectivity index (χ0n) is 16.9. The Labute approximate surface area is 184 Å². The maximum atomic E-state index is 13.8. The van der Waals surface area contributed by atoms with E-state index >= 15 is 0 Å². The molecule has 2 fully saturated rings. The van der Waals surface area contributed by atoms with Crippen LogP contribution in [-0.2, 0) is 22.6 Å². The van der Waals surface area contributed by atoms with Gasteiger partial charge in [-0.05, 0) is 40.9 Å². The molecule has 2 saturated heterocycles. The Morgan fingerprint density at radius 1 is 1.33 bits per heavy atom. The number of nitrogens with zero attached hydrogens (tertiary/aromatic N) is 4. The van der Waals surface area contributed by atoms with Gasteiger partial charge in [0.15, 0.2) is 5.60 Å². The second-order valence-electron chi connectivity index (χ2n) is 7.97. The summed E-state index contributed by atoms with van der Waals surface area (Å²) in [5.74, 6) is 0.0505. The zero-order chi connectivity index (χ0) is 20.6. The van der Waals surface area contributed by atoms with E-state index in [1.54, 1.807) is 28.9 Å². The number of ether oxygens (including phenoxy) is 1. The number of carbonyl (C=O) groups is 1. The molecule has 0 unspecified atom stereocenters. The van der Waals surface area contributed by atoms with Gasteiger partial charge in [-0.25, -0.2) is 4.98 Å². The second kappa shape index (κ2) is 8.19. The minimum atomic E-state index is -0.865. The van der Waals surface area contributed by atoms with Gasteiger partial charge in [0.2, 0.25) is 0 Å². The third-order valence-corrected chi connectivity index (χ3v) is 7.74. The van der Waals surface area contributed by atoms with Crippen molar-refractivity contribution in [1.82, 2.24) is 19.8 Å². The van der Waals surface area contributed by atoms with Crippen molar-refractivity contribution in [3.8, 4) is 0 Å². The number of pyridine rings is 1. The van der Waals surface area contributed by atoms with E-state index in [1.807, 2.05) is 29.6 Å². The van der Waals surface area contributed by atoms with Crippen LogP contribution in [0.5, 0.6) is 0 Å². The summed E-state index contributed by atoms with van der Waals surface area (Å²) in [7, 11) is 0. The first-order valence-electron chi connectivity index (χ1n) is 10.1. The predicted octanol–water partition coefficient (Wildman–Crippen LogP) is 3.31. The number of amides is 1. The Hall–Kier alpha value is -2.13. The molecule has 2 atom stereocenters. The van der Waals surface area contributed by atoms with Crippen LogP contribution in [0.25, 0.3) is 0 Å². The molecular formula is C22H24N4O2S2. The van der Waals surface area contributed by atoms with Crippen LogP contribution in [0.2, 0.25) is 0 Å². The lowest BCUT2D eigenvalue weighted by molar-refractivity contribution is -0.173. The average Bonchev–Trinajstić information content (AvgIpc) is 3.49. The first-order chi connectivity index (χ1) is 14.7. The van der Waals surface area contributed by atoms with E-state index in [2.05, 4.69) is 37.8 Å². The van der Waals surface area contributed by atoms with E-state index in [1.165, 1.54) is 10.4 Å². The third kappa shape index (κ3) is 3.58. The largest absolute Gasteiger partial charge is 0.361 e. The number of carbonyl (C=O) groups excluding carboxylic acids is 1. The molecule has 8 heteroatoms. The molecule has 2 aliphatic heterocycles. The molecule has 0 aliphatic carbocycles. The summed E-state index contributed by atoms with van der Waals surface area (Å²) in [6, 6.07) is 6.09. The van der Waals surface area contributed by atoms with Crippen LogP contribution in [-0.4, -0.2) is 57.5 Å². The summed E-state index contributed by atoms with van der Waals surface area (Å²) >= 11 is 3.34. The number of likely N-dealkylation sites (tertiary alicyclic amines) is 1. The molecule has 5 rings (SSSR count). The number of thiophene rings is 1. The Morgan fingerprint density at radius 3 is 3.00 bits per heavy atom. The summed E-state index contributed by atoms with van der Waals surface area (Å²) in [4.78, 5) is 28.1. The summed E-state index contributed by atoms with van der Waals surface area (Å²) in [5, 5.41) is 4.17. The fraction of sp³-hybridized carbons (Fsp3) is 0.409. The molecule has 0 bridgehead atoms. The molecule has 156 valence electrons. The summed E-state index contributed by atoms with van der Waals surface area (Å²) in [6.45, 7) is 6.01. The molecule has 1 amide bonds. The molecule has 2 aliphatic rings. The monoisotopic (exact) mass is 440 g/mol. The van der Waals surface area contributed by atoms with E-state index in [9.17, 15) is 4.79 Å². The van der Waals surface area contributed by atoms with Crippen molar-refractivity contribution in [2.24, 2.45) is 0 Å². The number of morpholine rings is 1. The van der Waals surface area contributed by atoms with Crippen molar-refractivity contribution in [3.63, 3.8) is 0 Å². The van der Waals surface area contributed by atoms with Gasteiger partial charge in [-0.3, -0.25) is 14.7 Å². The van der Waals surface area contributed by atoms with E-state index in [0.717, 1.165) is 24.3 Å². The third-order valence-electron chi connectivity index (χ3n) is 6.08. The number of hydrogen-bond acceptors (Lipinski definition) is 7. The molecule has 0 N–H and O–H groups in total. The Kier molecular flexibility index (Phi) is 5.41. The number of aryl methyl sites for hydroxylation is 1. The van der Waals surface area contributed by atoms with Crippen molar-refractivity contribution in [3.05, 3.63) is 68.6 Å². The predicted molar refractivity (Wildman–Crippen MR) is 118 cm³/mol. The molecule has 5 heterocycles. The molecule has 30 heavy (non-hydrogen) atoms. The van der Waals surface area contributed by atoms with Gasteiger partial charge >= 0.3 is 0 Å². The van der Waals surface area contributed by atoms with Crippen LogP contribution in [0.3, 0.4) is 0 Å². The maximum absolute atomic E-state index is 13.8. The van der Waals surface area contributed by atoms with E-state index < -0.39 is 5.60 Å². The lowest BCUT2D eigenvalue weighted by atomic mass is 9.83. The standard InChI is InChI=1S/C22H24N4O2S2/c1-16-20(30-15-24-16)12-25-11-19(18-3-2-5-23-9-18)22(14-25)21(27)26(6-7-28-22)10-17-4-8-29-13-17/h2-5,8-9,13,15,19H,6-7,10-12,14H2,1H3/t19-,22-/m1/s1. The van der Waals surface area contributed by atoms with Gasteiger partial charge in [-0.1, -0.05) is 6.07 Å². The molecular weight excluding hydrogens is 416 g/mol. The molecule has 0 aromatic carbocycles. The fourth-order valence-corrected chi connectivity index (χ4v) is 6.03. The molecule has 3 aromatic rings. The Morgan fingerprint density at radius 2 is 2.27 bits per heavy atom. The SMILES string of the molecule is Cc1ncsc1CN1C[C@H](c2cccnc2)[C@@]2(C1)OCCN(Cc1ccsc1)C2=O. The topological polar surface area (TPSA) is 58.6 Å². The van der Waals surface area contributed by atoms with Gasteiger partial charge in [-0.2, -0.15) is 11.3 Å². The summed E-state index contributed by atoms with van der Waals surface area (Å²) < 4.78 is 6.36. The van der Waals surface area contributed by atoms with E-state index in [4.69, 9.17) is 4.74 Å². The van der Waals surface area contributed by atoms with Crippen molar-refractivity contribution in [2.45, 2.75) is 31.5 Å². The highest BCUT2D eigenvalue weighted by molar-refractivity contribution is 7.09. The first kappa shape index (κ1) is 19.8. The van der Waals surface area contributed by atoms with Crippen molar-refractivity contribution < 1.29 is 9.53 Å².